The SMILES string of the molecule is O=S(=O)(NCC1CCC(O)C1)c1cc(Br)ccc1Br. The first-order chi connectivity index (χ1) is 8.88. The minimum atomic E-state index is -3.53. The number of nitrogens with one attached hydrogen (secondary N) is 1. The summed E-state index contributed by atoms with van der Waals surface area (Å²) in [5.74, 6) is 0.218. The van der Waals surface area contributed by atoms with E-state index in [1.807, 2.05) is 0 Å². The van der Waals surface area contributed by atoms with Gasteiger partial charge in [-0.05, 0) is 59.3 Å². The highest BCUT2D eigenvalue weighted by Gasteiger charge is 2.25. The zero-order chi connectivity index (χ0) is 14.0. The molecule has 2 rings (SSSR count). The quantitative estimate of drug-likeness (QED) is 0.798. The minimum absolute atomic E-state index is 0.218. The van der Waals surface area contributed by atoms with E-state index >= 15 is 0 Å². The van der Waals surface area contributed by atoms with Gasteiger partial charge < -0.3 is 5.11 Å². The van der Waals surface area contributed by atoms with Crippen LogP contribution in [0.5, 0.6) is 0 Å². The van der Waals surface area contributed by atoms with E-state index in [9.17, 15) is 13.5 Å². The molecule has 1 fully saturated rings. The second-order valence-electron chi connectivity index (χ2n) is 4.76. The van der Waals surface area contributed by atoms with Crippen LogP contribution in [0.2, 0.25) is 0 Å². The first kappa shape index (κ1) is 15.4. The van der Waals surface area contributed by atoms with Crippen LogP contribution >= 0.6 is 31.9 Å². The van der Waals surface area contributed by atoms with Gasteiger partial charge in [-0.15, -0.1) is 0 Å². The van der Waals surface area contributed by atoms with E-state index in [-0.39, 0.29) is 16.9 Å². The molecule has 4 nitrogen and oxygen atoms in total. The Morgan fingerprint density at radius 1 is 1.32 bits per heavy atom. The molecule has 0 aromatic heterocycles. The maximum Gasteiger partial charge on any atom is 0.241 e. The van der Waals surface area contributed by atoms with E-state index in [1.165, 1.54) is 0 Å². The van der Waals surface area contributed by atoms with Crippen molar-refractivity contribution >= 4 is 41.9 Å². The van der Waals surface area contributed by atoms with Gasteiger partial charge in [0.1, 0.15) is 0 Å². The predicted molar refractivity (Wildman–Crippen MR) is 80.4 cm³/mol. The van der Waals surface area contributed by atoms with Gasteiger partial charge in [-0.2, -0.15) is 0 Å². The molecule has 1 aliphatic carbocycles. The zero-order valence-electron chi connectivity index (χ0n) is 10.1. The lowest BCUT2D eigenvalue weighted by molar-refractivity contribution is 0.178. The highest BCUT2D eigenvalue weighted by molar-refractivity contribution is 9.11. The van der Waals surface area contributed by atoms with Crippen molar-refractivity contribution in [2.24, 2.45) is 5.92 Å². The van der Waals surface area contributed by atoms with Crippen molar-refractivity contribution in [2.75, 3.05) is 6.54 Å². The molecule has 2 N–H and O–H groups in total. The van der Waals surface area contributed by atoms with Crippen LogP contribution in [0.4, 0.5) is 0 Å². The largest absolute Gasteiger partial charge is 0.393 e. The number of halogens is 2. The lowest BCUT2D eigenvalue weighted by atomic mass is 10.1. The third-order valence-corrected chi connectivity index (χ3v) is 6.17. The number of sulfonamides is 1. The Balaban J connectivity index is 2.08. The third-order valence-electron chi connectivity index (χ3n) is 3.26. The Bertz CT molecular complexity index is 562. The molecule has 2 unspecified atom stereocenters. The van der Waals surface area contributed by atoms with Crippen molar-refractivity contribution in [3.8, 4) is 0 Å². The highest BCUT2D eigenvalue weighted by atomic mass is 79.9. The minimum Gasteiger partial charge on any atom is -0.393 e. The maximum absolute atomic E-state index is 12.2. The van der Waals surface area contributed by atoms with Gasteiger partial charge in [0.15, 0.2) is 0 Å². The van der Waals surface area contributed by atoms with Crippen molar-refractivity contribution < 1.29 is 13.5 Å². The van der Waals surface area contributed by atoms with E-state index < -0.39 is 10.0 Å². The van der Waals surface area contributed by atoms with E-state index in [1.54, 1.807) is 18.2 Å². The molecule has 1 aromatic carbocycles. The van der Waals surface area contributed by atoms with Crippen LogP contribution in [0.15, 0.2) is 32.0 Å². The van der Waals surface area contributed by atoms with Gasteiger partial charge >= 0.3 is 0 Å². The van der Waals surface area contributed by atoms with Gasteiger partial charge in [0, 0.05) is 15.5 Å². The lowest BCUT2D eigenvalue weighted by Gasteiger charge is -2.12. The third kappa shape index (κ3) is 4.01. The fourth-order valence-corrected chi connectivity index (χ4v) is 4.84. The molecule has 0 amide bonds. The molecule has 7 heteroatoms. The average molecular weight is 413 g/mol. The van der Waals surface area contributed by atoms with Crippen molar-refractivity contribution in [3.63, 3.8) is 0 Å². The van der Waals surface area contributed by atoms with Gasteiger partial charge in [-0.1, -0.05) is 15.9 Å². The van der Waals surface area contributed by atoms with Crippen LogP contribution in [0.1, 0.15) is 19.3 Å². The Morgan fingerprint density at radius 3 is 2.68 bits per heavy atom. The standard InChI is InChI=1S/C12H15Br2NO3S/c13-9-2-4-11(14)12(6-9)19(17,18)15-7-8-1-3-10(16)5-8/h2,4,6,8,10,15-16H,1,3,5,7H2. The summed E-state index contributed by atoms with van der Waals surface area (Å²) in [5, 5.41) is 9.44. The number of rotatable bonds is 4. The molecular weight excluding hydrogens is 398 g/mol. The normalized spacial score (nSPS) is 23.7. The molecule has 0 spiro atoms. The fourth-order valence-electron chi connectivity index (χ4n) is 2.22. The Morgan fingerprint density at radius 2 is 2.05 bits per heavy atom. The van der Waals surface area contributed by atoms with E-state index in [4.69, 9.17) is 0 Å². The molecule has 106 valence electrons. The molecule has 1 aromatic rings. The molecule has 0 radical (unpaired) electrons. The molecular formula is C12H15Br2NO3S. The Hall–Kier alpha value is 0.0500. The first-order valence-corrected chi connectivity index (χ1v) is 9.08. The molecule has 0 saturated heterocycles. The smallest absolute Gasteiger partial charge is 0.241 e. The Labute approximate surface area is 129 Å². The molecule has 0 bridgehead atoms. The monoisotopic (exact) mass is 411 g/mol. The maximum atomic E-state index is 12.2. The number of aliphatic hydroxyl groups excluding tert-OH is 1. The summed E-state index contributed by atoms with van der Waals surface area (Å²) in [5.41, 5.74) is 0. The van der Waals surface area contributed by atoms with Gasteiger partial charge in [0.2, 0.25) is 10.0 Å². The van der Waals surface area contributed by atoms with E-state index in [0.29, 0.717) is 21.9 Å². The van der Waals surface area contributed by atoms with Crippen molar-refractivity contribution in [1.29, 1.82) is 0 Å². The number of benzene rings is 1. The second-order valence-corrected chi connectivity index (χ2v) is 8.26. The topological polar surface area (TPSA) is 66.4 Å². The van der Waals surface area contributed by atoms with Crippen molar-refractivity contribution in [3.05, 3.63) is 27.1 Å². The fraction of sp³-hybridized carbons (Fsp3) is 0.500. The summed E-state index contributed by atoms with van der Waals surface area (Å²) in [6.07, 6.45) is 2.01. The van der Waals surface area contributed by atoms with Gasteiger partial charge in [-0.3, -0.25) is 0 Å². The van der Waals surface area contributed by atoms with Crippen LogP contribution in [0.3, 0.4) is 0 Å². The van der Waals surface area contributed by atoms with Crippen LogP contribution in [0.25, 0.3) is 0 Å². The van der Waals surface area contributed by atoms with Crippen LogP contribution in [-0.2, 0) is 10.0 Å². The molecule has 0 aliphatic heterocycles. The van der Waals surface area contributed by atoms with Crippen molar-refractivity contribution in [1.82, 2.24) is 4.72 Å². The second kappa shape index (κ2) is 6.22. The molecule has 2 atom stereocenters. The van der Waals surface area contributed by atoms with Crippen LogP contribution < -0.4 is 4.72 Å². The number of hydrogen-bond acceptors (Lipinski definition) is 3. The summed E-state index contributed by atoms with van der Waals surface area (Å²) < 4.78 is 28.3. The molecule has 19 heavy (non-hydrogen) atoms. The predicted octanol–water partition coefficient (Wildman–Crippen LogP) is 2.65. The zero-order valence-corrected chi connectivity index (χ0v) is 14.1. The Kier molecular flexibility index (Phi) is 5.05. The first-order valence-electron chi connectivity index (χ1n) is 6.01. The summed E-state index contributed by atoms with van der Waals surface area (Å²) in [7, 11) is -3.53. The summed E-state index contributed by atoms with van der Waals surface area (Å²) in [6.45, 7) is 0.373. The van der Waals surface area contributed by atoms with E-state index in [0.717, 1.165) is 12.8 Å². The summed E-state index contributed by atoms with van der Waals surface area (Å²) in [6, 6.07) is 5.03. The summed E-state index contributed by atoms with van der Waals surface area (Å²) >= 11 is 6.52. The molecule has 0 heterocycles. The highest BCUT2D eigenvalue weighted by Crippen LogP contribution is 2.27. The van der Waals surface area contributed by atoms with Gasteiger partial charge in [0.25, 0.3) is 0 Å². The van der Waals surface area contributed by atoms with Crippen LogP contribution in [-0.4, -0.2) is 26.2 Å². The molecule has 1 saturated carbocycles. The summed E-state index contributed by atoms with van der Waals surface area (Å²) in [4.78, 5) is 0.223. The van der Waals surface area contributed by atoms with Gasteiger partial charge in [-0.25, -0.2) is 13.1 Å². The number of aliphatic hydroxyl groups is 1. The molecule has 1 aliphatic rings. The average Bonchev–Trinajstić information content (AvgIpc) is 2.76. The van der Waals surface area contributed by atoms with Crippen LogP contribution in [0, 0.1) is 5.92 Å². The lowest BCUT2D eigenvalue weighted by Crippen LogP contribution is -2.29. The number of hydrogen-bond donors (Lipinski definition) is 2. The van der Waals surface area contributed by atoms with Gasteiger partial charge in [0.05, 0.1) is 11.0 Å². The van der Waals surface area contributed by atoms with E-state index in [2.05, 4.69) is 36.6 Å². The van der Waals surface area contributed by atoms with Crippen molar-refractivity contribution in [2.45, 2.75) is 30.3 Å².